The number of hydrogen-bond donors (Lipinski definition) is 0. The smallest absolute Gasteiger partial charge is 0.160 e. The van der Waals surface area contributed by atoms with E-state index < -0.39 is 0 Å². The van der Waals surface area contributed by atoms with Crippen LogP contribution in [0.1, 0.15) is 63.8 Å². The Kier molecular flexibility index (Phi) is 10.8. The number of benzene rings is 12. The van der Waals surface area contributed by atoms with E-state index in [1.165, 1.54) is 11.1 Å². The van der Waals surface area contributed by atoms with Gasteiger partial charge in [0.05, 0.1) is 71.6 Å². The molecule has 0 amide bonds. The average molecular weight is 1170 g/mol. The predicted octanol–water partition coefficient (Wildman–Crippen LogP) is 22.3. The summed E-state index contributed by atoms with van der Waals surface area (Å²) in [6.45, 7) is 13.7. The van der Waals surface area contributed by atoms with Crippen LogP contribution in [0.5, 0.6) is 0 Å². The van der Waals surface area contributed by atoms with Crippen molar-refractivity contribution < 1.29 is 4.42 Å². The lowest BCUT2D eigenvalue weighted by Gasteiger charge is -2.27. The van der Waals surface area contributed by atoms with Gasteiger partial charge in [-0.15, -0.1) is 11.3 Å². The number of aromatic nitrogens is 4. The summed E-state index contributed by atoms with van der Waals surface area (Å²) in [6, 6.07) is 88.4. The quantitative estimate of drug-likeness (QED) is 0.172. The monoisotopic (exact) mass is 1170 g/mol. The molecule has 6 heterocycles. The molecule has 0 aliphatic heterocycles. The van der Waals surface area contributed by atoms with E-state index in [4.69, 9.17) is 4.42 Å². The van der Waals surface area contributed by atoms with E-state index in [2.05, 4.69) is 296 Å². The van der Waals surface area contributed by atoms with E-state index in [0.29, 0.717) is 33.9 Å². The zero-order valence-corrected chi connectivity index (χ0v) is 51.3. The lowest BCUT2D eigenvalue weighted by Crippen LogP contribution is -2.17. The fourth-order valence-electron chi connectivity index (χ4n) is 15.1. The lowest BCUT2D eigenvalue weighted by molar-refractivity contribution is 0.591. The molecular weight excluding hydrogens is 1120 g/mol. The van der Waals surface area contributed by atoms with Gasteiger partial charge in [-0.1, -0.05) is 205 Å². The minimum atomic E-state index is -0.314. The highest BCUT2D eigenvalue weighted by atomic mass is 32.1. The molecule has 0 unspecified atom stereocenters. The van der Waals surface area contributed by atoms with Gasteiger partial charge in [0, 0.05) is 69.3 Å². The van der Waals surface area contributed by atoms with E-state index in [1.807, 2.05) is 6.07 Å². The van der Waals surface area contributed by atoms with Gasteiger partial charge in [0.15, 0.2) is 5.58 Å². The first-order valence-corrected chi connectivity index (χ1v) is 31.6. The standard InChI is InChI=1S/C82H56N6OS/c1-81(2,3)49-37-41-69-59(43-49)60-44-63(82(4,5)6)72-57-29-14-20-34-70(57)89-79(72)76(60)88(69)78-74(85-64-30-16-10-24-50(64)51-25-11-17-31-65(51)85)61(45-83)73(62(46-84)75(78)86-66-32-18-12-26-52(66)53-27-13-19-33-67(53)86)87-68-40-36-48(47-22-8-7-9-23-47)42-58(68)55-38-39-56-54-28-15-21-35-71(54)90-80(56)77(55)87/h7-44H,1-6H3. The van der Waals surface area contributed by atoms with Crippen molar-refractivity contribution >= 4 is 141 Å². The number of furan rings is 1. The predicted molar refractivity (Wildman–Crippen MR) is 376 cm³/mol. The van der Waals surface area contributed by atoms with Gasteiger partial charge in [-0.25, -0.2) is 0 Å². The maximum Gasteiger partial charge on any atom is 0.160 e. The Hall–Kier alpha value is -11.2. The number of thiophene rings is 1. The molecule has 0 aliphatic carbocycles. The minimum absolute atomic E-state index is 0.213. The van der Waals surface area contributed by atoms with E-state index in [-0.39, 0.29) is 10.8 Å². The summed E-state index contributed by atoms with van der Waals surface area (Å²) in [5.41, 5.74) is 15.8. The van der Waals surface area contributed by atoms with Crippen LogP contribution in [0.3, 0.4) is 0 Å². The zero-order valence-electron chi connectivity index (χ0n) is 50.4. The number of hydrogen-bond acceptors (Lipinski definition) is 4. The van der Waals surface area contributed by atoms with Gasteiger partial charge < -0.3 is 22.7 Å². The maximum atomic E-state index is 13.1. The van der Waals surface area contributed by atoms with Gasteiger partial charge in [0.25, 0.3) is 0 Å². The van der Waals surface area contributed by atoms with Crippen LogP contribution in [0.25, 0.3) is 163 Å². The van der Waals surface area contributed by atoms with Crippen LogP contribution in [-0.4, -0.2) is 18.3 Å². The highest BCUT2D eigenvalue weighted by molar-refractivity contribution is 7.26. The number of fused-ring (bicyclic) bond motifs is 20. The van der Waals surface area contributed by atoms with E-state index in [9.17, 15) is 10.5 Å². The van der Waals surface area contributed by atoms with Crippen molar-refractivity contribution in [1.29, 1.82) is 10.5 Å². The van der Waals surface area contributed by atoms with Crippen molar-refractivity contribution in [3.05, 3.63) is 253 Å². The molecule has 8 heteroatoms. The first-order valence-electron chi connectivity index (χ1n) is 30.8. The maximum absolute atomic E-state index is 13.1. The molecule has 0 fully saturated rings. The summed E-state index contributed by atoms with van der Waals surface area (Å²) in [5.74, 6) is 0. The molecule has 0 bridgehead atoms. The first-order chi connectivity index (χ1) is 43.9. The Morgan fingerprint density at radius 2 is 0.844 bits per heavy atom. The molecule has 12 aromatic carbocycles. The Labute approximate surface area is 521 Å². The first kappa shape index (κ1) is 52.0. The Morgan fingerprint density at radius 3 is 1.42 bits per heavy atom. The summed E-state index contributed by atoms with van der Waals surface area (Å²) in [4.78, 5) is 0. The SMILES string of the molecule is CC(C)(C)c1ccc2c(c1)c1cc(C(C)(C)C)c3c4ccccc4oc3c1n2-c1c(-n2c3ccccc3c3ccccc32)c(C#N)c(-n2c3ccc(-c4ccccc4)cc3c3ccc4c5ccccc5sc4c32)c(C#N)c1-n1c2ccccc2c2ccccc21. The molecule has 0 aliphatic rings. The molecule has 426 valence electrons. The summed E-state index contributed by atoms with van der Waals surface area (Å²) < 4.78 is 19.0. The average Bonchev–Trinajstić information content (AvgIpc) is 1.47. The van der Waals surface area contributed by atoms with Gasteiger partial charge in [-0.2, -0.15) is 10.5 Å². The lowest BCUT2D eigenvalue weighted by atomic mass is 9.82. The van der Waals surface area contributed by atoms with E-state index in [0.717, 1.165) is 140 Å². The molecule has 0 atom stereocenters. The van der Waals surface area contributed by atoms with Crippen molar-refractivity contribution in [3.63, 3.8) is 0 Å². The van der Waals surface area contributed by atoms with Crippen LogP contribution in [0.15, 0.2) is 235 Å². The molecule has 18 aromatic rings. The molecule has 7 nitrogen and oxygen atoms in total. The van der Waals surface area contributed by atoms with Crippen molar-refractivity contribution in [2.75, 3.05) is 0 Å². The van der Waals surface area contributed by atoms with E-state index >= 15 is 0 Å². The Bertz CT molecular complexity index is 6010. The van der Waals surface area contributed by atoms with E-state index in [1.54, 1.807) is 11.3 Å². The fourth-order valence-corrected chi connectivity index (χ4v) is 16.3. The largest absolute Gasteiger partial charge is 0.454 e. The van der Waals surface area contributed by atoms with Gasteiger partial charge in [-0.05, 0) is 99.8 Å². The molecule has 90 heavy (non-hydrogen) atoms. The normalized spacial score (nSPS) is 12.5. The van der Waals surface area contributed by atoms with Crippen LogP contribution < -0.4 is 0 Å². The van der Waals surface area contributed by atoms with Gasteiger partial charge in [0.2, 0.25) is 0 Å². The van der Waals surface area contributed by atoms with Crippen LogP contribution in [0, 0.1) is 22.7 Å². The second-order valence-corrected chi connectivity index (χ2v) is 27.2. The van der Waals surface area contributed by atoms with Crippen LogP contribution in [-0.2, 0) is 10.8 Å². The topological polar surface area (TPSA) is 80.4 Å². The third kappa shape index (κ3) is 7.08. The molecular formula is C82H56N6OS. The van der Waals surface area contributed by atoms with Crippen LogP contribution >= 0.6 is 11.3 Å². The molecule has 0 N–H and O–H groups in total. The number of nitrogens with zero attached hydrogens (tertiary/aromatic N) is 6. The summed E-state index contributed by atoms with van der Waals surface area (Å²) in [7, 11) is 0. The van der Waals surface area contributed by atoms with Gasteiger partial charge >= 0.3 is 0 Å². The van der Waals surface area contributed by atoms with Crippen LogP contribution in [0.2, 0.25) is 0 Å². The second-order valence-electron chi connectivity index (χ2n) is 26.2. The third-order valence-corrected chi connectivity index (χ3v) is 20.3. The number of rotatable bonds is 5. The summed E-state index contributed by atoms with van der Waals surface area (Å²) in [5, 5.41) is 38.8. The second kappa shape index (κ2) is 18.7. The highest BCUT2D eigenvalue weighted by Gasteiger charge is 2.37. The third-order valence-electron chi connectivity index (χ3n) is 19.1. The molecule has 18 rings (SSSR count). The molecule has 0 spiro atoms. The minimum Gasteiger partial charge on any atom is -0.454 e. The molecule has 0 saturated carbocycles. The Balaban J connectivity index is 1.17. The van der Waals surface area contributed by atoms with Crippen LogP contribution in [0.4, 0.5) is 0 Å². The fraction of sp³-hybridized carbons (Fsp3) is 0.0976. The van der Waals surface area contributed by atoms with Crippen molar-refractivity contribution in [2.24, 2.45) is 0 Å². The van der Waals surface area contributed by atoms with Gasteiger partial charge in [0.1, 0.15) is 28.8 Å². The van der Waals surface area contributed by atoms with Gasteiger partial charge in [-0.3, -0.25) is 0 Å². The Morgan fingerprint density at radius 1 is 0.356 bits per heavy atom. The highest BCUT2D eigenvalue weighted by Crippen LogP contribution is 2.53. The number of para-hydroxylation sites is 5. The van der Waals surface area contributed by atoms with Crippen molar-refractivity contribution in [1.82, 2.24) is 18.3 Å². The summed E-state index contributed by atoms with van der Waals surface area (Å²) >= 11 is 1.75. The zero-order chi connectivity index (χ0) is 60.6. The number of nitriles is 2. The molecule has 0 radical (unpaired) electrons. The summed E-state index contributed by atoms with van der Waals surface area (Å²) in [6.07, 6.45) is 0. The van der Waals surface area contributed by atoms with Crippen molar-refractivity contribution in [3.8, 4) is 46.0 Å². The van der Waals surface area contributed by atoms with Crippen molar-refractivity contribution in [2.45, 2.75) is 52.4 Å². The molecule has 0 saturated heterocycles. The molecule has 6 aromatic heterocycles.